The molecule has 0 spiro atoms. The number of carboxylic acids is 2. The summed E-state index contributed by atoms with van der Waals surface area (Å²) in [6.45, 7) is 11.0. The molecule has 0 aliphatic rings. The van der Waals surface area contributed by atoms with Crippen molar-refractivity contribution in [3.05, 3.63) is 25.3 Å². The minimum atomic E-state index is -1.12. The van der Waals surface area contributed by atoms with Gasteiger partial charge in [0.25, 0.3) is 0 Å². The van der Waals surface area contributed by atoms with Crippen molar-refractivity contribution in [2.45, 2.75) is 58.9 Å². The van der Waals surface area contributed by atoms with Crippen molar-refractivity contribution in [2.75, 3.05) is 0 Å². The SMILES string of the molecule is C=CC(=O)O.C=CC(=O)O.CCC(O)O.CCC(O)O.CCC(O)O. The van der Waals surface area contributed by atoms with Crippen molar-refractivity contribution in [2.24, 2.45) is 0 Å². The van der Waals surface area contributed by atoms with Crippen LogP contribution in [0.2, 0.25) is 0 Å². The highest BCUT2D eigenvalue weighted by molar-refractivity contribution is 5.79. The number of aliphatic hydroxyl groups is 6. The second-order valence-electron chi connectivity index (χ2n) is 3.75. The molecule has 8 N–H and O–H groups in total. The van der Waals surface area contributed by atoms with Crippen molar-refractivity contribution in [3.63, 3.8) is 0 Å². The van der Waals surface area contributed by atoms with Crippen LogP contribution in [0.5, 0.6) is 0 Å². The van der Waals surface area contributed by atoms with E-state index in [-0.39, 0.29) is 0 Å². The molecule has 0 rings (SSSR count). The van der Waals surface area contributed by atoms with Crippen LogP contribution in [0, 0.1) is 0 Å². The molecule has 25 heavy (non-hydrogen) atoms. The van der Waals surface area contributed by atoms with Crippen molar-refractivity contribution in [1.82, 2.24) is 0 Å². The molecule has 10 nitrogen and oxygen atoms in total. The predicted molar refractivity (Wildman–Crippen MR) is 91.2 cm³/mol. The molecule has 0 heterocycles. The van der Waals surface area contributed by atoms with Gasteiger partial charge in [0, 0.05) is 12.2 Å². The number of rotatable bonds is 5. The van der Waals surface area contributed by atoms with E-state index in [0.29, 0.717) is 19.3 Å². The van der Waals surface area contributed by atoms with Gasteiger partial charge in [0.1, 0.15) is 0 Å². The molecule has 0 aromatic heterocycles. The first-order valence-electron chi connectivity index (χ1n) is 7.14. The highest BCUT2D eigenvalue weighted by atomic mass is 16.5. The third-order valence-electron chi connectivity index (χ3n) is 1.44. The Morgan fingerprint density at radius 1 is 0.680 bits per heavy atom. The molecule has 0 fully saturated rings. The van der Waals surface area contributed by atoms with Gasteiger partial charge in [0.2, 0.25) is 0 Å². The first kappa shape index (κ1) is 34.5. The van der Waals surface area contributed by atoms with Gasteiger partial charge in [-0.05, 0) is 19.3 Å². The molecule has 0 saturated heterocycles. The molecule has 0 unspecified atom stereocenters. The number of carboxylic acid groups (broad SMARTS) is 2. The molecule has 0 aromatic rings. The summed E-state index contributed by atoms with van der Waals surface area (Å²) in [5.74, 6) is -1.96. The zero-order valence-electron chi connectivity index (χ0n) is 14.8. The van der Waals surface area contributed by atoms with Gasteiger partial charge in [0.05, 0.1) is 0 Å². The maximum absolute atomic E-state index is 9.25. The Labute approximate surface area is 147 Å². The Hall–Kier alpha value is -1.82. The van der Waals surface area contributed by atoms with Gasteiger partial charge in [-0.15, -0.1) is 0 Å². The second kappa shape index (κ2) is 30.1. The summed E-state index contributed by atoms with van der Waals surface area (Å²) in [7, 11) is 0. The molecule has 0 amide bonds. The van der Waals surface area contributed by atoms with E-state index in [1.54, 1.807) is 20.8 Å². The molecule has 0 aliphatic carbocycles. The van der Waals surface area contributed by atoms with Crippen LogP contribution in [-0.4, -0.2) is 71.7 Å². The van der Waals surface area contributed by atoms with Crippen LogP contribution < -0.4 is 0 Å². The van der Waals surface area contributed by atoms with Gasteiger partial charge in [-0.1, -0.05) is 33.9 Å². The van der Waals surface area contributed by atoms with E-state index in [4.69, 9.17) is 40.9 Å². The standard InChI is InChI=1S/3C3H8O2.2C3H4O2/c5*1-2-3(4)5/h3*3-5H,2H2,1H3;2*2H,1H2,(H,4,5). The third-order valence-corrected chi connectivity index (χ3v) is 1.44. The number of hydrogen-bond acceptors (Lipinski definition) is 8. The molecule has 0 saturated carbocycles. The highest BCUT2D eigenvalue weighted by Crippen LogP contribution is 1.78. The lowest BCUT2D eigenvalue weighted by Gasteiger charge is -1.90. The summed E-state index contributed by atoms with van der Waals surface area (Å²) in [5, 5.41) is 62.7. The fourth-order valence-corrected chi connectivity index (χ4v) is 0. The summed E-state index contributed by atoms with van der Waals surface area (Å²) in [6.07, 6.45) is -0.431. The molecule has 0 radical (unpaired) electrons. The fraction of sp³-hybridized carbons (Fsp3) is 0.600. The number of hydrogen-bond donors (Lipinski definition) is 8. The average Bonchev–Trinajstić information content (AvgIpc) is 2.56. The summed E-state index contributed by atoms with van der Waals surface area (Å²) in [4.78, 5) is 18.5. The van der Waals surface area contributed by atoms with E-state index in [0.717, 1.165) is 12.2 Å². The topological polar surface area (TPSA) is 196 Å². The molecule has 152 valence electrons. The zero-order chi connectivity index (χ0) is 21.4. The lowest BCUT2D eigenvalue weighted by molar-refractivity contribution is -0.132. The quantitative estimate of drug-likeness (QED) is 0.233. The van der Waals surface area contributed by atoms with E-state index in [2.05, 4.69) is 13.2 Å². The first-order chi connectivity index (χ1) is 11.4. The number of carbonyl (C=O) groups is 2. The summed E-state index contributed by atoms with van der Waals surface area (Å²) in [6, 6.07) is 0. The van der Waals surface area contributed by atoms with Crippen molar-refractivity contribution in [3.8, 4) is 0 Å². The maximum Gasteiger partial charge on any atom is 0.327 e. The van der Waals surface area contributed by atoms with Gasteiger partial charge in [0.15, 0.2) is 18.9 Å². The molecule has 0 atom stereocenters. The third kappa shape index (κ3) is 135. The van der Waals surface area contributed by atoms with Gasteiger partial charge < -0.3 is 40.9 Å². The van der Waals surface area contributed by atoms with Gasteiger partial charge in [-0.3, -0.25) is 0 Å². The Balaban J connectivity index is -0.0000000667. The largest absolute Gasteiger partial charge is 0.478 e. The maximum atomic E-state index is 9.25. The summed E-state index contributed by atoms with van der Waals surface area (Å²) in [5.41, 5.74) is 0. The van der Waals surface area contributed by atoms with Crippen LogP contribution in [0.25, 0.3) is 0 Å². The Morgan fingerprint density at radius 2 is 0.760 bits per heavy atom. The monoisotopic (exact) mass is 372 g/mol. The van der Waals surface area contributed by atoms with Crippen LogP contribution in [-0.2, 0) is 9.59 Å². The molecule has 0 bridgehead atoms. The van der Waals surface area contributed by atoms with Crippen LogP contribution in [0.15, 0.2) is 25.3 Å². The molecular weight excluding hydrogens is 340 g/mol. The molecular formula is C15H32O10. The molecule has 0 aliphatic heterocycles. The lowest BCUT2D eigenvalue weighted by Crippen LogP contribution is -1.99. The van der Waals surface area contributed by atoms with Gasteiger partial charge in [-0.25, -0.2) is 9.59 Å². The number of aliphatic carboxylic acids is 2. The van der Waals surface area contributed by atoms with E-state index >= 15 is 0 Å². The second-order valence-corrected chi connectivity index (χ2v) is 3.75. The van der Waals surface area contributed by atoms with Crippen LogP contribution in [0.1, 0.15) is 40.0 Å². The van der Waals surface area contributed by atoms with Crippen molar-refractivity contribution < 1.29 is 50.4 Å². The molecule has 10 heteroatoms. The first-order valence-corrected chi connectivity index (χ1v) is 7.14. The number of aliphatic hydroxyl groups excluding tert-OH is 3. The van der Waals surface area contributed by atoms with Crippen LogP contribution in [0.3, 0.4) is 0 Å². The summed E-state index contributed by atoms with van der Waals surface area (Å²) < 4.78 is 0. The Bertz CT molecular complexity index is 264. The van der Waals surface area contributed by atoms with Gasteiger partial charge in [-0.2, -0.15) is 0 Å². The Kier molecular flexibility index (Phi) is 41.5. The van der Waals surface area contributed by atoms with Crippen LogP contribution in [0.4, 0.5) is 0 Å². The smallest absolute Gasteiger partial charge is 0.327 e. The minimum Gasteiger partial charge on any atom is -0.478 e. The van der Waals surface area contributed by atoms with Crippen molar-refractivity contribution >= 4 is 11.9 Å². The average molecular weight is 372 g/mol. The van der Waals surface area contributed by atoms with E-state index in [1.807, 2.05) is 0 Å². The van der Waals surface area contributed by atoms with E-state index in [1.165, 1.54) is 0 Å². The van der Waals surface area contributed by atoms with E-state index in [9.17, 15) is 9.59 Å². The Morgan fingerprint density at radius 3 is 0.760 bits per heavy atom. The van der Waals surface area contributed by atoms with Crippen LogP contribution >= 0.6 is 0 Å². The normalized spacial score (nSPS) is 8.32. The summed E-state index contributed by atoms with van der Waals surface area (Å²) >= 11 is 0. The predicted octanol–water partition coefficient (Wildman–Crippen LogP) is -0.365. The minimum absolute atomic E-state index is 0.417. The van der Waals surface area contributed by atoms with Crippen molar-refractivity contribution in [1.29, 1.82) is 0 Å². The van der Waals surface area contributed by atoms with Gasteiger partial charge >= 0.3 is 11.9 Å². The zero-order valence-corrected chi connectivity index (χ0v) is 14.8. The fourth-order valence-electron chi connectivity index (χ4n) is 0. The van der Waals surface area contributed by atoms with E-state index < -0.39 is 30.8 Å². The molecule has 0 aromatic carbocycles. The lowest BCUT2D eigenvalue weighted by atomic mass is 10.5. The highest BCUT2D eigenvalue weighted by Gasteiger charge is 1.84.